The van der Waals surface area contributed by atoms with E-state index in [0.717, 1.165) is 6.42 Å². The summed E-state index contributed by atoms with van der Waals surface area (Å²) in [6.45, 7) is 0. The van der Waals surface area contributed by atoms with E-state index in [4.69, 9.17) is 0 Å². The molecule has 2 amide bonds. The Kier molecular flexibility index (Phi) is 7.60. The van der Waals surface area contributed by atoms with Crippen molar-refractivity contribution < 1.29 is 29.4 Å². The third-order valence-corrected chi connectivity index (χ3v) is 4.34. The maximum atomic E-state index is 12.0. The Morgan fingerprint density at radius 1 is 0.952 bits per heavy atom. The van der Waals surface area contributed by atoms with Crippen molar-refractivity contribution in [3.8, 4) is 0 Å². The molecule has 0 aromatic rings. The van der Waals surface area contributed by atoms with Crippen LogP contribution in [0.15, 0.2) is 0 Å². The number of hydrogen-bond acceptors (Lipinski definition) is 4. The number of aliphatic carboxylic acids is 2. The van der Waals surface area contributed by atoms with E-state index in [-0.39, 0.29) is 78.4 Å². The Labute approximate surface area is 165 Å². The number of nitrogens with one attached hydrogen (secondary N) is 1. The third kappa shape index (κ3) is 3.09. The zero-order chi connectivity index (χ0) is 14.3. The number of rotatable bonds is 2. The minimum atomic E-state index is -2.55. The molecule has 0 atom stereocenters. The topological polar surface area (TPSA) is 121 Å². The van der Waals surface area contributed by atoms with Gasteiger partial charge in [0.1, 0.15) is 0 Å². The van der Waals surface area contributed by atoms with Gasteiger partial charge < -0.3 is 10.2 Å². The van der Waals surface area contributed by atoms with Gasteiger partial charge in [0.2, 0.25) is 11.3 Å². The molecule has 2 aliphatic rings. The molecule has 1 spiro atoms. The number of carbonyl (C=O) groups excluding carboxylic acids is 2. The molecule has 1 saturated carbocycles. The van der Waals surface area contributed by atoms with Crippen molar-refractivity contribution in [3.05, 3.63) is 0 Å². The zero-order valence-corrected chi connectivity index (χ0v) is 10.3. The summed E-state index contributed by atoms with van der Waals surface area (Å²) in [7, 11) is 0. The van der Waals surface area contributed by atoms with E-state index in [1.807, 2.05) is 5.32 Å². The second-order valence-corrected chi connectivity index (χ2v) is 5.26. The summed E-state index contributed by atoms with van der Waals surface area (Å²) >= 11 is 0. The fraction of sp³-hybridized carbons (Fsp3) is 0.667. The van der Waals surface area contributed by atoms with Gasteiger partial charge in [-0.2, -0.15) is 0 Å². The molecule has 2 rings (SSSR count). The molecule has 21 heavy (non-hydrogen) atoms. The van der Waals surface area contributed by atoms with Crippen molar-refractivity contribution in [3.63, 3.8) is 0 Å². The molecule has 9 heteroatoms. The van der Waals surface area contributed by atoms with Gasteiger partial charge in [-0.05, 0) is 12.8 Å². The number of carboxylic acids is 2. The van der Waals surface area contributed by atoms with E-state index in [1.165, 1.54) is 0 Å². The van der Waals surface area contributed by atoms with Crippen LogP contribution in [0.4, 0.5) is 0 Å². The fourth-order valence-electron chi connectivity index (χ4n) is 3.47. The molecule has 108 valence electrons. The van der Waals surface area contributed by atoms with Crippen LogP contribution >= 0.6 is 0 Å². The molecular weight excluding hydrogens is 300 g/mol. The maximum absolute atomic E-state index is 12.0. The molecule has 0 unspecified atom stereocenters. The molecule has 7 nitrogen and oxygen atoms in total. The van der Waals surface area contributed by atoms with E-state index >= 15 is 0 Å². The second-order valence-electron chi connectivity index (χ2n) is 5.26. The molecule has 0 aromatic carbocycles. The van der Waals surface area contributed by atoms with Crippen LogP contribution in [-0.2, 0) is 19.2 Å². The van der Waals surface area contributed by atoms with Crippen LogP contribution in [0.1, 0.15) is 38.5 Å². The van der Waals surface area contributed by atoms with Crippen LogP contribution < -0.4 is 5.32 Å². The molecule has 1 heterocycles. The van der Waals surface area contributed by atoms with Gasteiger partial charge in [-0.25, -0.2) is 0 Å². The van der Waals surface area contributed by atoms with E-state index in [1.54, 1.807) is 0 Å². The minimum absolute atomic E-state index is 0. The van der Waals surface area contributed by atoms with Crippen molar-refractivity contribution in [1.82, 2.24) is 5.32 Å². The summed E-state index contributed by atoms with van der Waals surface area (Å²) < 4.78 is 0. The first-order valence-corrected chi connectivity index (χ1v) is 6.18. The van der Waals surface area contributed by atoms with Crippen molar-refractivity contribution in [2.24, 2.45) is 10.8 Å². The molecular formula is C12H17NNa2O6. The standard InChI is InChI=1S/C12H15NO6.2Na.2H/c14-7-6-11(4-2-1-3-5-11)12(9(16)17,10(18)19)8(15)13-7;;;;/h1-6H2,(H,16,17)(H,18,19)(H,13,14,15);;;;. The fourth-order valence-corrected chi connectivity index (χ4v) is 3.47. The van der Waals surface area contributed by atoms with Crippen LogP contribution in [0.25, 0.3) is 0 Å². The summed E-state index contributed by atoms with van der Waals surface area (Å²) in [5, 5.41) is 20.6. The first kappa shape index (κ1) is 21.1. The molecule has 3 N–H and O–H groups in total. The van der Waals surface area contributed by atoms with Gasteiger partial charge in [0.05, 0.1) is 0 Å². The van der Waals surface area contributed by atoms with E-state index in [2.05, 4.69) is 0 Å². The van der Waals surface area contributed by atoms with E-state index in [0.29, 0.717) is 12.8 Å². The summed E-state index contributed by atoms with van der Waals surface area (Å²) in [6.07, 6.45) is 2.42. The van der Waals surface area contributed by atoms with Gasteiger partial charge in [0.25, 0.3) is 5.91 Å². The molecule has 0 aromatic heterocycles. The third-order valence-electron chi connectivity index (χ3n) is 4.34. The number of imide groups is 1. The van der Waals surface area contributed by atoms with Crippen molar-refractivity contribution in [1.29, 1.82) is 0 Å². The number of piperidine rings is 1. The Morgan fingerprint density at radius 3 is 1.86 bits per heavy atom. The molecule has 0 radical (unpaired) electrons. The van der Waals surface area contributed by atoms with Gasteiger partial charge in [0, 0.05) is 11.8 Å². The second kappa shape index (κ2) is 7.57. The Bertz CT molecular complexity index is 458. The van der Waals surface area contributed by atoms with Crippen molar-refractivity contribution in [2.45, 2.75) is 38.5 Å². The SMILES string of the molecule is O=C1CC2(CCCCC2)C(C(=O)O)(C(=O)O)C(=O)N1.[NaH].[NaH]. The summed E-state index contributed by atoms with van der Waals surface area (Å²) in [4.78, 5) is 46.7. The van der Waals surface area contributed by atoms with Crippen LogP contribution in [0.5, 0.6) is 0 Å². The van der Waals surface area contributed by atoms with Crippen molar-refractivity contribution >= 4 is 82.9 Å². The molecule has 1 saturated heterocycles. The summed E-state index contributed by atoms with van der Waals surface area (Å²) in [6, 6.07) is 0. The molecule has 0 bridgehead atoms. The summed E-state index contributed by atoms with van der Waals surface area (Å²) in [5.41, 5.74) is -3.86. The summed E-state index contributed by atoms with van der Waals surface area (Å²) in [5.74, 6) is -5.19. The van der Waals surface area contributed by atoms with E-state index in [9.17, 15) is 29.4 Å². The van der Waals surface area contributed by atoms with Crippen LogP contribution in [0.3, 0.4) is 0 Å². The van der Waals surface area contributed by atoms with Gasteiger partial charge >= 0.3 is 71.1 Å². The van der Waals surface area contributed by atoms with Crippen LogP contribution in [-0.4, -0.2) is 93.1 Å². The average molecular weight is 317 g/mol. The average Bonchev–Trinajstić information content (AvgIpc) is 2.27. The van der Waals surface area contributed by atoms with Gasteiger partial charge in [-0.15, -0.1) is 0 Å². The van der Waals surface area contributed by atoms with E-state index < -0.39 is 34.6 Å². The van der Waals surface area contributed by atoms with Gasteiger partial charge in [0.15, 0.2) is 0 Å². The Balaban J connectivity index is 0.00000200. The number of carbonyl (C=O) groups is 4. The normalized spacial score (nSPS) is 22.5. The Hall–Kier alpha value is 0.0800. The molecule has 1 aliphatic heterocycles. The first-order chi connectivity index (χ1) is 8.87. The number of amides is 2. The number of carboxylic acid groups (broad SMARTS) is 2. The first-order valence-electron chi connectivity index (χ1n) is 6.18. The van der Waals surface area contributed by atoms with Crippen LogP contribution in [0.2, 0.25) is 0 Å². The quantitative estimate of drug-likeness (QED) is 0.336. The van der Waals surface area contributed by atoms with Gasteiger partial charge in [-0.1, -0.05) is 19.3 Å². The predicted octanol–water partition coefficient (Wildman–Crippen LogP) is -1.16. The van der Waals surface area contributed by atoms with Gasteiger partial charge in [-0.3, -0.25) is 24.5 Å². The van der Waals surface area contributed by atoms with Crippen molar-refractivity contribution in [2.75, 3.05) is 0 Å². The zero-order valence-electron chi connectivity index (χ0n) is 10.3. The molecule has 1 aliphatic carbocycles. The number of hydrogen-bond donors (Lipinski definition) is 3. The van der Waals surface area contributed by atoms with Crippen LogP contribution in [0, 0.1) is 10.8 Å². The molecule has 2 fully saturated rings. The monoisotopic (exact) mass is 317 g/mol. The predicted molar refractivity (Wildman–Crippen MR) is 75.3 cm³/mol. The Morgan fingerprint density at radius 2 is 1.43 bits per heavy atom.